The molecular weight excluding hydrogens is 445 g/mol. The van der Waals surface area contributed by atoms with Crippen LogP contribution in [0, 0.1) is 0 Å². The Hall–Kier alpha value is -2.90. The molecule has 0 fully saturated rings. The van der Waals surface area contributed by atoms with Crippen LogP contribution < -0.4 is 4.74 Å². The lowest BCUT2D eigenvalue weighted by Gasteiger charge is -2.16. The normalized spacial score (nSPS) is 12.6. The summed E-state index contributed by atoms with van der Waals surface area (Å²) in [6, 6.07) is 6.71. The zero-order valence-corrected chi connectivity index (χ0v) is 19.8. The maximum atomic E-state index is 12.9. The molecule has 1 aromatic heterocycles. The Morgan fingerprint density at radius 2 is 1.56 bits per heavy atom. The van der Waals surface area contributed by atoms with E-state index in [1.807, 2.05) is 0 Å². The van der Waals surface area contributed by atoms with Gasteiger partial charge in [-0.2, -0.15) is 13.2 Å². The van der Waals surface area contributed by atoms with E-state index >= 15 is 0 Å². The second-order valence-electron chi connectivity index (χ2n) is 8.12. The monoisotopic (exact) mass is 478 g/mol. The van der Waals surface area contributed by atoms with E-state index in [-0.39, 0.29) is 0 Å². The lowest BCUT2D eigenvalue weighted by molar-refractivity contribution is -0.206. The Labute approximate surface area is 199 Å². The minimum atomic E-state index is -4.67. The van der Waals surface area contributed by atoms with Crippen molar-refractivity contribution in [1.29, 1.82) is 0 Å². The standard InChI is InChI=1S/C26H33F3N2O3/c1-3-4-5-6-7-8-9-10-17-33-23-18-30-25(31-19-23)22-14-11-21(12-15-22)13-16-24(26(27,28)29)34-20(2)32/h11-16,18-19,24H,3-10,17H2,1-2H3/b16-13+. The van der Waals surface area contributed by atoms with Crippen LogP contribution in [0.1, 0.15) is 70.8 Å². The van der Waals surface area contributed by atoms with E-state index in [0.717, 1.165) is 31.4 Å². The molecule has 1 heterocycles. The van der Waals surface area contributed by atoms with Crippen molar-refractivity contribution in [1.82, 2.24) is 9.97 Å². The van der Waals surface area contributed by atoms with Gasteiger partial charge in [0.15, 0.2) is 11.6 Å². The Balaban J connectivity index is 1.81. The Morgan fingerprint density at radius 3 is 2.12 bits per heavy atom. The highest BCUT2D eigenvalue weighted by atomic mass is 19.4. The van der Waals surface area contributed by atoms with Gasteiger partial charge in [0.05, 0.1) is 19.0 Å². The number of nitrogens with zero attached hydrogens (tertiary/aromatic N) is 2. The van der Waals surface area contributed by atoms with E-state index in [4.69, 9.17) is 4.74 Å². The molecular formula is C26H33F3N2O3. The number of benzene rings is 1. The van der Waals surface area contributed by atoms with Crippen molar-refractivity contribution in [2.75, 3.05) is 6.61 Å². The Bertz CT molecular complexity index is 882. The summed E-state index contributed by atoms with van der Waals surface area (Å²) in [5.41, 5.74) is 1.24. The van der Waals surface area contributed by atoms with Crippen molar-refractivity contribution in [3.05, 3.63) is 48.3 Å². The van der Waals surface area contributed by atoms with Gasteiger partial charge in [-0.1, -0.05) is 82.2 Å². The lowest BCUT2D eigenvalue weighted by atomic mass is 10.1. The molecule has 0 aliphatic heterocycles. The first-order valence-electron chi connectivity index (χ1n) is 11.8. The van der Waals surface area contributed by atoms with Gasteiger partial charge in [0.1, 0.15) is 0 Å². The smallest absolute Gasteiger partial charge is 0.429 e. The highest BCUT2D eigenvalue weighted by Gasteiger charge is 2.40. The number of esters is 1. The predicted molar refractivity (Wildman–Crippen MR) is 126 cm³/mol. The summed E-state index contributed by atoms with van der Waals surface area (Å²) in [5.74, 6) is 0.0997. The molecule has 1 unspecified atom stereocenters. The van der Waals surface area contributed by atoms with E-state index < -0.39 is 18.2 Å². The van der Waals surface area contributed by atoms with E-state index in [0.29, 0.717) is 23.7 Å². The van der Waals surface area contributed by atoms with Crippen molar-refractivity contribution in [2.45, 2.75) is 77.5 Å². The van der Waals surface area contributed by atoms with Crippen LogP contribution in [0.5, 0.6) is 5.75 Å². The zero-order chi connectivity index (χ0) is 24.8. The average Bonchev–Trinajstić information content (AvgIpc) is 2.80. The summed E-state index contributed by atoms with van der Waals surface area (Å²) in [4.78, 5) is 19.5. The van der Waals surface area contributed by atoms with Gasteiger partial charge in [0.2, 0.25) is 6.10 Å². The highest BCUT2D eigenvalue weighted by molar-refractivity contribution is 5.67. The number of hydrogen-bond acceptors (Lipinski definition) is 5. The molecule has 186 valence electrons. The largest absolute Gasteiger partial charge is 0.490 e. The molecule has 8 heteroatoms. The minimum Gasteiger partial charge on any atom is -0.490 e. The van der Waals surface area contributed by atoms with Crippen LogP contribution in [0.2, 0.25) is 0 Å². The summed E-state index contributed by atoms with van der Waals surface area (Å²) in [6.45, 7) is 3.79. The van der Waals surface area contributed by atoms with E-state index in [1.165, 1.54) is 44.6 Å². The van der Waals surface area contributed by atoms with E-state index in [1.54, 1.807) is 36.7 Å². The fraction of sp³-hybridized carbons (Fsp3) is 0.500. The maximum Gasteiger partial charge on any atom is 0.429 e. The Morgan fingerprint density at radius 1 is 0.971 bits per heavy atom. The summed E-state index contributed by atoms with van der Waals surface area (Å²) in [7, 11) is 0. The number of carbonyl (C=O) groups excluding carboxylic acids is 1. The second kappa shape index (κ2) is 14.4. The number of unbranched alkanes of at least 4 members (excludes halogenated alkanes) is 7. The van der Waals surface area contributed by atoms with Gasteiger partial charge >= 0.3 is 12.1 Å². The lowest BCUT2D eigenvalue weighted by Crippen LogP contribution is -2.31. The number of alkyl halides is 3. The summed E-state index contributed by atoms with van der Waals surface area (Å²) in [6.07, 6.45) is 8.22. The number of carbonyl (C=O) groups is 1. The van der Waals surface area contributed by atoms with Crippen LogP contribution in [0.3, 0.4) is 0 Å². The van der Waals surface area contributed by atoms with Crippen LogP contribution in [-0.4, -0.2) is 34.8 Å². The number of rotatable bonds is 14. The van der Waals surface area contributed by atoms with Gasteiger partial charge in [0.25, 0.3) is 0 Å². The van der Waals surface area contributed by atoms with Gasteiger partial charge in [-0.05, 0) is 18.1 Å². The molecule has 1 aromatic carbocycles. The van der Waals surface area contributed by atoms with Crippen LogP contribution >= 0.6 is 0 Å². The van der Waals surface area contributed by atoms with Gasteiger partial charge in [-0.15, -0.1) is 0 Å². The average molecular weight is 479 g/mol. The van der Waals surface area contributed by atoms with Gasteiger partial charge in [-0.3, -0.25) is 4.79 Å². The second-order valence-corrected chi connectivity index (χ2v) is 8.12. The van der Waals surface area contributed by atoms with Crippen molar-refractivity contribution in [3.8, 4) is 17.1 Å². The van der Waals surface area contributed by atoms with Gasteiger partial charge in [-0.25, -0.2) is 9.97 Å². The highest BCUT2D eigenvalue weighted by Crippen LogP contribution is 2.25. The van der Waals surface area contributed by atoms with E-state index in [9.17, 15) is 18.0 Å². The molecule has 5 nitrogen and oxygen atoms in total. The fourth-order valence-electron chi connectivity index (χ4n) is 3.30. The first kappa shape index (κ1) is 27.3. The Kier molecular flexibility index (Phi) is 11.6. The molecule has 0 aliphatic rings. The SMILES string of the molecule is CCCCCCCCCCOc1cnc(-c2ccc(/C=C/C(OC(C)=O)C(F)(F)F)cc2)nc1. The molecule has 1 atom stereocenters. The number of hydrogen-bond donors (Lipinski definition) is 0. The molecule has 34 heavy (non-hydrogen) atoms. The van der Waals surface area contributed by atoms with Crippen molar-refractivity contribution in [2.24, 2.45) is 0 Å². The van der Waals surface area contributed by atoms with Gasteiger partial charge in [0, 0.05) is 12.5 Å². The molecule has 2 aromatic rings. The summed E-state index contributed by atoms with van der Waals surface area (Å²) >= 11 is 0. The summed E-state index contributed by atoms with van der Waals surface area (Å²) in [5, 5.41) is 0. The third-order valence-electron chi connectivity index (χ3n) is 5.14. The van der Waals surface area contributed by atoms with Crippen molar-refractivity contribution >= 4 is 12.0 Å². The quantitative estimate of drug-likeness (QED) is 0.213. The van der Waals surface area contributed by atoms with Crippen molar-refractivity contribution in [3.63, 3.8) is 0 Å². The van der Waals surface area contributed by atoms with E-state index in [2.05, 4.69) is 21.6 Å². The van der Waals surface area contributed by atoms with Crippen molar-refractivity contribution < 1.29 is 27.4 Å². The molecule has 2 rings (SSSR count). The molecule has 0 saturated carbocycles. The van der Waals surface area contributed by atoms with Crippen LogP contribution in [0.15, 0.2) is 42.7 Å². The van der Waals surface area contributed by atoms with Crippen LogP contribution in [-0.2, 0) is 9.53 Å². The van der Waals surface area contributed by atoms with Crippen LogP contribution in [0.4, 0.5) is 13.2 Å². The summed E-state index contributed by atoms with van der Waals surface area (Å²) < 4.78 is 48.8. The molecule has 0 spiro atoms. The molecule has 0 radical (unpaired) electrons. The van der Waals surface area contributed by atoms with Gasteiger partial charge < -0.3 is 9.47 Å². The third-order valence-corrected chi connectivity index (χ3v) is 5.14. The number of ether oxygens (including phenoxy) is 2. The third kappa shape index (κ3) is 10.4. The molecule has 0 amide bonds. The topological polar surface area (TPSA) is 61.3 Å². The number of halogens is 3. The maximum absolute atomic E-state index is 12.9. The van der Waals surface area contributed by atoms with Crippen LogP contribution in [0.25, 0.3) is 17.5 Å². The molecule has 0 N–H and O–H groups in total. The molecule has 0 aliphatic carbocycles. The molecule has 0 bridgehead atoms. The minimum absolute atomic E-state index is 0.489. The molecule has 0 saturated heterocycles. The zero-order valence-electron chi connectivity index (χ0n) is 19.8. The fourth-order valence-corrected chi connectivity index (χ4v) is 3.30. The number of aromatic nitrogens is 2. The first-order chi connectivity index (χ1) is 16.3. The first-order valence-corrected chi connectivity index (χ1v) is 11.8. The predicted octanol–water partition coefficient (Wildman–Crippen LogP) is 7.17.